The zero-order valence-corrected chi connectivity index (χ0v) is 20.0. The molecule has 0 amide bonds. The van der Waals surface area contributed by atoms with Gasteiger partial charge in [-0.15, -0.1) is 0 Å². The van der Waals surface area contributed by atoms with Crippen molar-refractivity contribution < 1.29 is 13.2 Å². The Labute approximate surface area is 196 Å². The molecular formula is C26H31N3O3S. The summed E-state index contributed by atoms with van der Waals surface area (Å²) in [5.41, 5.74) is 4.43. The number of hydrogen-bond donors (Lipinski definition) is 1. The summed E-state index contributed by atoms with van der Waals surface area (Å²) < 4.78 is 33.1. The molecule has 0 aromatic heterocycles. The third-order valence-electron chi connectivity index (χ3n) is 6.03. The van der Waals surface area contributed by atoms with Crippen LogP contribution in [0.1, 0.15) is 11.1 Å². The molecule has 0 saturated carbocycles. The zero-order valence-electron chi connectivity index (χ0n) is 19.2. The highest BCUT2D eigenvalue weighted by atomic mass is 32.2. The van der Waals surface area contributed by atoms with Gasteiger partial charge in [-0.05, 0) is 65.7 Å². The van der Waals surface area contributed by atoms with Crippen LogP contribution in [-0.4, -0.2) is 58.6 Å². The first-order chi connectivity index (χ1) is 15.9. The second kappa shape index (κ2) is 10.5. The maximum absolute atomic E-state index is 12.7. The summed E-state index contributed by atoms with van der Waals surface area (Å²) in [4.78, 5) is 5.07. The number of rotatable bonds is 8. The van der Waals surface area contributed by atoms with Crippen LogP contribution in [0.15, 0.2) is 77.7 Å². The molecule has 7 heteroatoms. The predicted molar refractivity (Wildman–Crippen MR) is 132 cm³/mol. The number of benzene rings is 3. The maximum Gasteiger partial charge on any atom is 0.240 e. The zero-order chi connectivity index (χ0) is 23.3. The summed E-state index contributed by atoms with van der Waals surface area (Å²) in [6.07, 6.45) is 0. The number of piperazine rings is 1. The number of nitrogens with one attached hydrogen (secondary N) is 1. The molecule has 174 valence electrons. The lowest BCUT2D eigenvalue weighted by atomic mass is 10.0. The molecule has 1 aliphatic rings. The van der Waals surface area contributed by atoms with Gasteiger partial charge in [-0.25, -0.2) is 13.1 Å². The molecule has 1 heterocycles. The predicted octanol–water partition coefficient (Wildman–Crippen LogP) is 3.59. The van der Waals surface area contributed by atoms with E-state index in [-0.39, 0.29) is 11.4 Å². The molecule has 0 radical (unpaired) electrons. The minimum absolute atomic E-state index is 0.219. The number of ether oxygens (including phenoxy) is 1. The fraction of sp³-hybridized carbons (Fsp3) is 0.308. The summed E-state index contributed by atoms with van der Waals surface area (Å²) in [6.45, 7) is 5.56. The summed E-state index contributed by atoms with van der Waals surface area (Å²) in [6, 6.07) is 23.0. The van der Waals surface area contributed by atoms with Gasteiger partial charge in [0, 0.05) is 39.3 Å². The lowest BCUT2D eigenvalue weighted by Gasteiger charge is -2.32. The van der Waals surface area contributed by atoms with Gasteiger partial charge in [0.1, 0.15) is 5.75 Å². The lowest BCUT2D eigenvalue weighted by molar-refractivity contribution is 0.148. The molecule has 33 heavy (non-hydrogen) atoms. The van der Waals surface area contributed by atoms with Crippen LogP contribution in [0.3, 0.4) is 0 Å². The van der Waals surface area contributed by atoms with Gasteiger partial charge >= 0.3 is 0 Å². The number of hydrogen-bond acceptors (Lipinski definition) is 5. The summed E-state index contributed by atoms with van der Waals surface area (Å²) in [5.74, 6) is 0.622. The first-order valence-corrected chi connectivity index (χ1v) is 12.6. The van der Waals surface area contributed by atoms with E-state index in [1.165, 1.54) is 5.56 Å². The van der Waals surface area contributed by atoms with Crippen LogP contribution >= 0.6 is 0 Å². The van der Waals surface area contributed by atoms with Gasteiger partial charge in [-0.1, -0.05) is 36.4 Å². The third-order valence-corrected chi connectivity index (χ3v) is 7.44. The van der Waals surface area contributed by atoms with Gasteiger partial charge in [0.15, 0.2) is 0 Å². The van der Waals surface area contributed by atoms with Crippen molar-refractivity contribution >= 4 is 10.0 Å². The van der Waals surface area contributed by atoms with Gasteiger partial charge in [0.2, 0.25) is 10.0 Å². The van der Waals surface area contributed by atoms with Crippen LogP contribution < -0.4 is 9.46 Å². The number of nitrogens with zero attached hydrogens (tertiary/aromatic N) is 2. The van der Waals surface area contributed by atoms with Crippen LogP contribution in [0, 0.1) is 0 Å². The van der Waals surface area contributed by atoms with E-state index < -0.39 is 10.0 Å². The van der Waals surface area contributed by atoms with Gasteiger partial charge in [-0.2, -0.15) is 0 Å². The normalized spacial score (nSPS) is 15.5. The van der Waals surface area contributed by atoms with Crippen molar-refractivity contribution in [3.8, 4) is 16.9 Å². The lowest BCUT2D eigenvalue weighted by Crippen LogP contribution is -2.43. The molecule has 1 N–H and O–H groups in total. The molecule has 0 atom stereocenters. The van der Waals surface area contributed by atoms with E-state index in [0.717, 1.165) is 49.4 Å². The molecule has 0 bridgehead atoms. The Kier molecular flexibility index (Phi) is 7.45. The van der Waals surface area contributed by atoms with Crippen LogP contribution in [0.2, 0.25) is 0 Å². The van der Waals surface area contributed by atoms with E-state index in [1.54, 1.807) is 31.4 Å². The Hall–Kier alpha value is -2.71. The van der Waals surface area contributed by atoms with Crippen molar-refractivity contribution in [1.82, 2.24) is 14.5 Å². The fourth-order valence-corrected chi connectivity index (χ4v) is 5.01. The maximum atomic E-state index is 12.7. The van der Waals surface area contributed by atoms with E-state index >= 15 is 0 Å². The quantitative estimate of drug-likeness (QED) is 0.551. The molecule has 3 aromatic carbocycles. The number of likely N-dealkylation sites (N-methyl/N-ethyl adjacent to an activating group) is 1. The Balaban J connectivity index is 1.43. The third kappa shape index (κ3) is 6.21. The average Bonchev–Trinajstić information content (AvgIpc) is 2.85. The second-order valence-corrected chi connectivity index (χ2v) is 10.2. The largest absolute Gasteiger partial charge is 0.497 e. The Morgan fingerprint density at radius 3 is 2.09 bits per heavy atom. The van der Waals surface area contributed by atoms with Gasteiger partial charge in [0.25, 0.3) is 0 Å². The van der Waals surface area contributed by atoms with Crippen LogP contribution in [0.5, 0.6) is 5.75 Å². The molecule has 6 nitrogen and oxygen atoms in total. The number of sulfonamides is 1. The Morgan fingerprint density at radius 2 is 1.45 bits per heavy atom. The van der Waals surface area contributed by atoms with Gasteiger partial charge in [-0.3, -0.25) is 4.90 Å². The highest BCUT2D eigenvalue weighted by molar-refractivity contribution is 7.89. The monoisotopic (exact) mass is 465 g/mol. The standard InChI is InChI=1S/C26H31N3O3S/c1-28-13-15-29(16-14-28)20-22-6-4-8-24(18-22)23-7-3-5-21(17-23)19-27-33(30,31)26-11-9-25(32-2)10-12-26/h3-12,17-18,27H,13-16,19-20H2,1-2H3. The van der Waals surface area contributed by atoms with E-state index in [0.29, 0.717) is 5.75 Å². The highest BCUT2D eigenvalue weighted by Crippen LogP contribution is 2.23. The van der Waals surface area contributed by atoms with Crippen LogP contribution in [-0.2, 0) is 23.1 Å². The SMILES string of the molecule is COc1ccc(S(=O)(=O)NCc2cccc(-c3cccc(CN4CCN(C)CC4)c3)c2)cc1. The first kappa shape index (κ1) is 23.4. The minimum Gasteiger partial charge on any atom is -0.497 e. The highest BCUT2D eigenvalue weighted by Gasteiger charge is 2.15. The van der Waals surface area contributed by atoms with Crippen LogP contribution in [0.4, 0.5) is 0 Å². The van der Waals surface area contributed by atoms with Gasteiger partial charge in [0.05, 0.1) is 12.0 Å². The van der Waals surface area contributed by atoms with E-state index in [2.05, 4.69) is 51.9 Å². The average molecular weight is 466 g/mol. The molecular weight excluding hydrogens is 434 g/mol. The first-order valence-electron chi connectivity index (χ1n) is 11.2. The topological polar surface area (TPSA) is 61.9 Å². The van der Waals surface area contributed by atoms with Crippen molar-refractivity contribution in [3.63, 3.8) is 0 Å². The second-order valence-electron chi connectivity index (χ2n) is 8.48. The summed E-state index contributed by atoms with van der Waals surface area (Å²) >= 11 is 0. The molecule has 3 aromatic rings. The molecule has 1 fully saturated rings. The van der Waals surface area contributed by atoms with E-state index in [1.807, 2.05) is 18.2 Å². The smallest absolute Gasteiger partial charge is 0.240 e. The fourth-order valence-electron chi connectivity index (χ4n) is 3.99. The molecule has 0 spiro atoms. The van der Waals surface area contributed by atoms with E-state index in [9.17, 15) is 8.42 Å². The summed E-state index contributed by atoms with van der Waals surface area (Å²) in [5, 5.41) is 0. The van der Waals surface area contributed by atoms with Crippen molar-refractivity contribution in [2.24, 2.45) is 0 Å². The van der Waals surface area contributed by atoms with Crippen molar-refractivity contribution in [2.75, 3.05) is 40.3 Å². The van der Waals surface area contributed by atoms with Crippen LogP contribution in [0.25, 0.3) is 11.1 Å². The Bertz CT molecular complexity index is 1170. The molecule has 0 aliphatic carbocycles. The van der Waals surface area contributed by atoms with Crippen molar-refractivity contribution in [3.05, 3.63) is 83.9 Å². The molecule has 0 unspecified atom stereocenters. The van der Waals surface area contributed by atoms with E-state index in [4.69, 9.17) is 4.74 Å². The van der Waals surface area contributed by atoms with Gasteiger partial charge < -0.3 is 9.64 Å². The summed E-state index contributed by atoms with van der Waals surface area (Å²) in [7, 11) is 0.119. The molecule has 1 aliphatic heterocycles. The van der Waals surface area contributed by atoms with Crippen molar-refractivity contribution in [1.29, 1.82) is 0 Å². The molecule has 4 rings (SSSR count). The molecule has 1 saturated heterocycles. The minimum atomic E-state index is -3.60. The Morgan fingerprint density at radius 1 is 0.848 bits per heavy atom. The van der Waals surface area contributed by atoms with Crippen molar-refractivity contribution in [2.45, 2.75) is 18.0 Å². The number of methoxy groups -OCH3 is 1.